The topological polar surface area (TPSA) is 29.9 Å². The minimum Gasteiger partial charge on any atom is -0.312 e. The van der Waals surface area contributed by atoms with E-state index in [9.17, 15) is 0 Å². The molecule has 5 heteroatoms. The molecule has 3 nitrogen and oxygen atoms in total. The van der Waals surface area contributed by atoms with E-state index in [-0.39, 0.29) is 0 Å². The van der Waals surface area contributed by atoms with Gasteiger partial charge in [0, 0.05) is 35.4 Å². The molecule has 0 unspecified atom stereocenters. The zero-order valence-corrected chi connectivity index (χ0v) is 13.3. The maximum Gasteiger partial charge on any atom is 0.0666 e. The number of hydrogen-bond acceptors (Lipinski definition) is 2. The van der Waals surface area contributed by atoms with Crippen molar-refractivity contribution in [3.05, 3.63) is 51.3 Å². The molecule has 0 aliphatic carbocycles. The number of aromatic nitrogens is 2. The Hall–Kier alpha value is -1.03. The highest BCUT2D eigenvalue weighted by Crippen LogP contribution is 2.21. The van der Waals surface area contributed by atoms with E-state index in [0.717, 1.165) is 42.2 Å². The highest BCUT2D eigenvalue weighted by Gasteiger charge is 2.05. The SMILES string of the molecule is CCc1nn(C)cc1CNCCc1ccc(Cl)cc1Cl. The number of rotatable bonds is 6. The van der Waals surface area contributed by atoms with Crippen LogP contribution >= 0.6 is 23.2 Å². The first-order valence-electron chi connectivity index (χ1n) is 6.76. The van der Waals surface area contributed by atoms with Crippen LogP contribution in [0.4, 0.5) is 0 Å². The molecular weight excluding hydrogens is 293 g/mol. The summed E-state index contributed by atoms with van der Waals surface area (Å²) in [6.07, 6.45) is 3.92. The number of nitrogens with zero attached hydrogens (tertiary/aromatic N) is 2. The Morgan fingerprint density at radius 1 is 1.25 bits per heavy atom. The standard InChI is InChI=1S/C15H19Cl2N3/c1-3-15-12(10-20(2)19-15)9-18-7-6-11-4-5-13(16)8-14(11)17/h4-5,8,10,18H,3,6-7,9H2,1-2H3. The van der Waals surface area contributed by atoms with Crippen molar-refractivity contribution < 1.29 is 0 Å². The van der Waals surface area contributed by atoms with Crippen molar-refractivity contribution in [2.45, 2.75) is 26.3 Å². The number of nitrogens with one attached hydrogen (secondary N) is 1. The van der Waals surface area contributed by atoms with Crippen LogP contribution in [0.3, 0.4) is 0 Å². The fourth-order valence-corrected chi connectivity index (χ4v) is 2.70. The maximum absolute atomic E-state index is 6.15. The highest BCUT2D eigenvalue weighted by molar-refractivity contribution is 6.35. The second-order valence-corrected chi connectivity index (χ2v) is 5.63. The molecule has 0 fully saturated rings. The summed E-state index contributed by atoms with van der Waals surface area (Å²) in [5.41, 5.74) is 3.53. The van der Waals surface area contributed by atoms with Crippen molar-refractivity contribution in [1.29, 1.82) is 0 Å². The van der Waals surface area contributed by atoms with Gasteiger partial charge in [0.25, 0.3) is 0 Å². The lowest BCUT2D eigenvalue weighted by Gasteiger charge is -2.06. The van der Waals surface area contributed by atoms with Crippen LogP contribution in [0, 0.1) is 0 Å². The van der Waals surface area contributed by atoms with Gasteiger partial charge in [0.05, 0.1) is 5.69 Å². The molecule has 1 N–H and O–H groups in total. The van der Waals surface area contributed by atoms with Crippen LogP contribution in [0.5, 0.6) is 0 Å². The smallest absolute Gasteiger partial charge is 0.0666 e. The van der Waals surface area contributed by atoms with Crippen LogP contribution in [0.15, 0.2) is 24.4 Å². The summed E-state index contributed by atoms with van der Waals surface area (Å²) < 4.78 is 1.87. The molecule has 108 valence electrons. The zero-order valence-electron chi connectivity index (χ0n) is 11.8. The van der Waals surface area contributed by atoms with Crippen molar-refractivity contribution in [1.82, 2.24) is 15.1 Å². The Bertz CT molecular complexity index is 578. The van der Waals surface area contributed by atoms with Gasteiger partial charge in [-0.05, 0) is 37.1 Å². The van der Waals surface area contributed by atoms with E-state index < -0.39 is 0 Å². The van der Waals surface area contributed by atoms with Crippen molar-refractivity contribution in [3.8, 4) is 0 Å². The molecule has 0 amide bonds. The lowest BCUT2D eigenvalue weighted by Crippen LogP contribution is -2.17. The van der Waals surface area contributed by atoms with Gasteiger partial charge in [-0.2, -0.15) is 5.10 Å². The number of halogens is 2. The predicted molar refractivity (Wildman–Crippen MR) is 84.5 cm³/mol. The second-order valence-electron chi connectivity index (χ2n) is 4.79. The first-order valence-corrected chi connectivity index (χ1v) is 7.51. The molecule has 2 aromatic rings. The van der Waals surface area contributed by atoms with Crippen molar-refractivity contribution in [3.63, 3.8) is 0 Å². The van der Waals surface area contributed by atoms with Crippen molar-refractivity contribution >= 4 is 23.2 Å². The van der Waals surface area contributed by atoms with Gasteiger partial charge < -0.3 is 5.32 Å². The van der Waals surface area contributed by atoms with Gasteiger partial charge in [0.2, 0.25) is 0 Å². The fourth-order valence-electron chi connectivity index (χ4n) is 2.20. The molecule has 1 aromatic heterocycles. The second kappa shape index (κ2) is 7.11. The van der Waals surface area contributed by atoms with E-state index in [0.29, 0.717) is 5.02 Å². The summed E-state index contributed by atoms with van der Waals surface area (Å²) in [4.78, 5) is 0. The summed E-state index contributed by atoms with van der Waals surface area (Å²) >= 11 is 12.0. The highest BCUT2D eigenvalue weighted by atomic mass is 35.5. The van der Waals surface area contributed by atoms with Gasteiger partial charge >= 0.3 is 0 Å². The van der Waals surface area contributed by atoms with Gasteiger partial charge in [-0.15, -0.1) is 0 Å². The average Bonchev–Trinajstić information content (AvgIpc) is 2.77. The minimum absolute atomic E-state index is 0.676. The minimum atomic E-state index is 0.676. The van der Waals surface area contributed by atoms with Crippen LogP contribution in [0.1, 0.15) is 23.7 Å². The maximum atomic E-state index is 6.15. The Morgan fingerprint density at radius 2 is 2.05 bits per heavy atom. The third kappa shape index (κ3) is 3.98. The molecule has 0 aliphatic heterocycles. The molecule has 0 bridgehead atoms. The van der Waals surface area contributed by atoms with Gasteiger partial charge in [0.1, 0.15) is 0 Å². The van der Waals surface area contributed by atoms with E-state index in [1.807, 2.05) is 23.9 Å². The van der Waals surface area contributed by atoms with Crippen LogP contribution in [-0.2, 0) is 26.4 Å². The Balaban J connectivity index is 1.84. The molecule has 0 saturated heterocycles. The third-order valence-electron chi connectivity index (χ3n) is 3.23. The Kier molecular flexibility index (Phi) is 5.46. The van der Waals surface area contributed by atoms with Gasteiger partial charge in [0.15, 0.2) is 0 Å². The van der Waals surface area contributed by atoms with E-state index in [4.69, 9.17) is 23.2 Å². The van der Waals surface area contributed by atoms with Crippen LogP contribution < -0.4 is 5.32 Å². The molecule has 1 heterocycles. The quantitative estimate of drug-likeness (QED) is 0.826. The molecule has 0 aliphatic rings. The van der Waals surface area contributed by atoms with Crippen LogP contribution in [0.25, 0.3) is 0 Å². The molecule has 0 saturated carbocycles. The van der Waals surface area contributed by atoms with Gasteiger partial charge in [-0.1, -0.05) is 36.2 Å². The normalized spacial score (nSPS) is 11.0. The van der Waals surface area contributed by atoms with E-state index in [2.05, 4.69) is 23.5 Å². The summed E-state index contributed by atoms with van der Waals surface area (Å²) in [5.74, 6) is 0. The molecule has 2 rings (SSSR count). The van der Waals surface area contributed by atoms with Crippen LogP contribution in [-0.4, -0.2) is 16.3 Å². The Morgan fingerprint density at radius 3 is 2.75 bits per heavy atom. The summed E-state index contributed by atoms with van der Waals surface area (Å²) in [6, 6.07) is 5.64. The van der Waals surface area contributed by atoms with Gasteiger partial charge in [-0.25, -0.2) is 0 Å². The summed E-state index contributed by atoms with van der Waals surface area (Å²) in [6.45, 7) is 3.83. The molecule has 1 aromatic carbocycles. The molecule has 20 heavy (non-hydrogen) atoms. The van der Waals surface area contributed by atoms with E-state index in [1.165, 1.54) is 5.56 Å². The van der Waals surface area contributed by atoms with Gasteiger partial charge in [-0.3, -0.25) is 4.68 Å². The summed E-state index contributed by atoms with van der Waals surface area (Å²) in [7, 11) is 1.95. The van der Waals surface area contributed by atoms with Crippen molar-refractivity contribution in [2.24, 2.45) is 7.05 Å². The average molecular weight is 312 g/mol. The number of benzene rings is 1. The molecule has 0 radical (unpaired) electrons. The lowest BCUT2D eigenvalue weighted by molar-refractivity contribution is 0.682. The predicted octanol–water partition coefficient (Wildman–Crippen LogP) is 3.62. The van der Waals surface area contributed by atoms with Crippen LogP contribution in [0.2, 0.25) is 10.0 Å². The largest absolute Gasteiger partial charge is 0.312 e. The monoisotopic (exact) mass is 311 g/mol. The number of hydrogen-bond donors (Lipinski definition) is 1. The fraction of sp³-hybridized carbons (Fsp3) is 0.400. The first-order chi connectivity index (χ1) is 9.60. The number of aryl methyl sites for hydroxylation is 2. The molecule has 0 spiro atoms. The first kappa shape index (κ1) is 15.4. The molecule has 0 atom stereocenters. The zero-order chi connectivity index (χ0) is 14.5. The lowest BCUT2D eigenvalue weighted by atomic mass is 10.1. The Labute approximate surface area is 129 Å². The van der Waals surface area contributed by atoms with E-state index in [1.54, 1.807) is 6.07 Å². The van der Waals surface area contributed by atoms with Crippen molar-refractivity contribution in [2.75, 3.05) is 6.54 Å². The third-order valence-corrected chi connectivity index (χ3v) is 3.82. The summed E-state index contributed by atoms with van der Waals surface area (Å²) in [5, 5.41) is 9.27. The molecular formula is C15H19Cl2N3. The van der Waals surface area contributed by atoms with E-state index >= 15 is 0 Å².